The molecule has 0 spiro atoms. The molecular weight excluding hydrogens is 264 g/mol. The van der Waals surface area contributed by atoms with Crippen LogP contribution in [0.2, 0.25) is 0 Å². The highest BCUT2D eigenvalue weighted by Crippen LogP contribution is 2.34. The lowest BCUT2D eigenvalue weighted by Crippen LogP contribution is -2.40. The number of nitrogens with zero attached hydrogens (tertiary/aromatic N) is 2. The van der Waals surface area contributed by atoms with Gasteiger partial charge in [-0.2, -0.15) is 0 Å². The highest BCUT2D eigenvalue weighted by atomic mass is 16.5. The van der Waals surface area contributed by atoms with Gasteiger partial charge in [0.2, 0.25) is 0 Å². The molecule has 1 aromatic rings. The van der Waals surface area contributed by atoms with Crippen LogP contribution in [0.3, 0.4) is 0 Å². The van der Waals surface area contributed by atoms with Crippen molar-refractivity contribution in [1.82, 2.24) is 9.80 Å². The molecule has 0 fully saturated rings. The maximum absolute atomic E-state index is 12.0. The number of hydrogen-bond acceptors (Lipinski definition) is 3. The highest BCUT2D eigenvalue weighted by molar-refractivity contribution is 5.69. The number of carbonyl (C=O) groups excluding carboxylic acids is 1. The van der Waals surface area contributed by atoms with Gasteiger partial charge in [0, 0.05) is 13.1 Å². The number of methoxy groups -OCH3 is 1. The molecule has 0 aliphatic carbocycles. The van der Waals surface area contributed by atoms with Crippen LogP contribution in [-0.2, 0) is 17.7 Å². The van der Waals surface area contributed by atoms with E-state index in [0.29, 0.717) is 0 Å². The van der Waals surface area contributed by atoms with Crippen LogP contribution in [0.5, 0.6) is 0 Å². The predicted octanol–water partition coefficient (Wildman–Crippen LogP) is 3.21. The molecule has 1 aromatic carbocycles. The minimum Gasteiger partial charge on any atom is -0.453 e. The maximum atomic E-state index is 12.0. The lowest BCUT2D eigenvalue weighted by molar-refractivity contribution is 0.0981. The van der Waals surface area contributed by atoms with Gasteiger partial charge in [0.15, 0.2) is 0 Å². The van der Waals surface area contributed by atoms with Crippen LogP contribution in [0.15, 0.2) is 18.2 Å². The number of hydrogen-bond donors (Lipinski definition) is 0. The summed E-state index contributed by atoms with van der Waals surface area (Å²) in [6.45, 7) is 3.85. The van der Waals surface area contributed by atoms with Crippen molar-refractivity contribution in [1.29, 1.82) is 0 Å². The van der Waals surface area contributed by atoms with Crippen LogP contribution in [0.4, 0.5) is 4.79 Å². The fourth-order valence-corrected chi connectivity index (χ4v) is 3.15. The van der Waals surface area contributed by atoms with E-state index in [1.807, 2.05) is 4.90 Å². The second-order valence-corrected chi connectivity index (χ2v) is 5.99. The molecular formula is C17H26N2O2. The van der Waals surface area contributed by atoms with Crippen molar-refractivity contribution in [2.45, 2.75) is 38.8 Å². The summed E-state index contributed by atoms with van der Waals surface area (Å²) in [7, 11) is 5.62. The van der Waals surface area contributed by atoms with Gasteiger partial charge in [-0.05, 0) is 43.6 Å². The second kappa shape index (κ2) is 6.94. The summed E-state index contributed by atoms with van der Waals surface area (Å²) >= 11 is 0. The molecule has 1 atom stereocenters. The molecule has 116 valence electrons. The number of carbonyl (C=O) groups is 1. The first-order valence-electron chi connectivity index (χ1n) is 7.67. The van der Waals surface area contributed by atoms with E-state index in [9.17, 15) is 4.79 Å². The molecule has 1 unspecified atom stereocenters. The Labute approximate surface area is 127 Å². The van der Waals surface area contributed by atoms with E-state index in [0.717, 1.165) is 32.4 Å². The minimum absolute atomic E-state index is 0.152. The van der Waals surface area contributed by atoms with E-state index in [1.54, 1.807) is 0 Å². The van der Waals surface area contributed by atoms with Gasteiger partial charge in [-0.15, -0.1) is 0 Å². The van der Waals surface area contributed by atoms with E-state index in [1.165, 1.54) is 23.8 Å². The predicted molar refractivity (Wildman–Crippen MR) is 84.3 cm³/mol. The van der Waals surface area contributed by atoms with Crippen molar-refractivity contribution in [3.63, 3.8) is 0 Å². The molecule has 21 heavy (non-hydrogen) atoms. The van der Waals surface area contributed by atoms with Crippen molar-refractivity contribution in [3.8, 4) is 0 Å². The first-order valence-corrected chi connectivity index (χ1v) is 7.67. The normalized spacial score (nSPS) is 17.8. The molecule has 0 saturated carbocycles. The van der Waals surface area contributed by atoms with Crippen LogP contribution >= 0.6 is 0 Å². The van der Waals surface area contributed by atoms with Crippen LogP contribution in [0.1, 0.15) is 42.5 Å². The van der Waals surface area contributed by atoms with Gasteiger partial charge in [0.1, 0.15) is 0 Å². The van der Waals surface area contributed by atoms with Crippen molar-refractivity contribution in [2.24, 2.45) is 0 Å². The molecule has 4 nitrogen and oxygen atoms in total. The molecule has 0 aromatic heterocycles. The van der Waals surface area contributed by atoms with Crippen molar-refractivity contribution in [3.05, 3.63) is 34.9 Å². The lowest BCUT2D eigenvalue weighted by Gasteiger charge is -2.36. The molecule has 1 amide bonds. The Kier molecular flexibility index (Phi) is 5.23. The SMILES string of the molecule is CCCC1c2ccc(CN(C)C)cc2CCN1C(=O)OC. The smallest absolute Gasteiger partial charge is 0.410 e. The summed E-state index contributed by atoms with van der Waals surface area (Å²) in [5, 5.41) is 0. The zero-order valence-electron chi connectivity index (χ0n) is 13.6. The second-order valence-electron chi connectivity index (χ2n) is 5.99. The van der Waals surface area contributed by atoms with Crippen molar-refractivity contribution in [2.75, 3.05) is 27.7 Å². The molecule has 4 heteroatoms. The standard InChI is InChI=1S/C17H26N2O2/c1-5-6-16-15-8-7-13(12-18(2)3)11-14(15)9-10-19(16)17(20)21-4/h7-8,11,16H,5-6,9-10,12H2,1-4H3. The first kappa shape index (κ1) is 15.8. The van der Waals surface area contributed by atoms with Gasteiger partial charge in [-0.3, -0.25) is 0 Å². The number of amides is 1. The van der Waals surface area contributed by atoms with Gasteiger partial charge in [0.25, 0.3) is 0 Å². The fraction of sp³-hybridized carbons (Fsp3) is 0.588. The Morgan fingerprint density at radius 1 is 1.43 bits per heavy atom. The molecule has 0 N–H and O–H groups in total. The van der Waals surface area contributed by atoms with Crippen LogP contribution in [0, 0.1) is 0 Å². The third kappa shape index (κ3) is 3.56. The molecule has 1 heterocycles. The van der Waals surface area contributed by atoms with E-state index in [2.05, 4.69) is 44.1 Å². The van der Waals surface area contributed by atoms with Crippen LogP contribution in [-0.4, -0.2) is 43.6 Å². The summed E-state index contributed by atoms with van der Waals surface area (Å²) in [5.41, 5.74) is 4.00. The Morgan fingerprint density at radius 3 is 2.81 bits per heavy atom. The highest BCUT2D eigenvalue weighted by Gasteiger charge is 2.30. The summed E-state index contributed by atoms with van der Waals surface area (Å²) in [5.74, 6) is 0. The Hall–Kier alpha value is -1.55. The quantitative estimate of drug-likeness (QED) is 0.853. The first-order chi connectivity index (χ1) is 10.1. The zero-order chi connectivity index (χ0) is 15.4. The average molecular weight is 290 g/mol. The maximum Gasteiger partial charge on any atom is 0.410 e. The minimum atomic E-state index is -0.212. The average Bonchev–Trinajstić information content (AvgIpc) is 2.46. The Morgan fingerprint density at radius 2 is 2.19 bits per heavy atom. The molecule has 0 bridgehead atoms. The van der Waals surface area contributed by atoms with Gasteiger partial charge in [-0.1, -0.05) is 31.5 Å². The van der Waals surface area contributed by atoms with Crippen LogP contribution < -0.4 is 0 Å². The third-order valence-corrected chi connectivity index (χ3v) is 4.03. The molecule has 0 radical (unpaired) electrons. The van der Waals surface area contributed by atoms with Gasteiger partial charge in [-0.25, -0.2) is 4.79 Å². The fourth-order valence-electron chi connectivity index (χ4n) is 3.15. The molecule has 2 rings (SSSR count). The Balaban J connectivity index is 2.29. The van der Waals surface area contributed by atoms with E-state index >= 15 is 0 Å². The van der Waals surface area contributed by atoms with E-state index < -0.39 is 0 Å². The van der Waals surface area contributed by atoms with E-state index in [4.69, 9.17) is 4.74 Å². The summed E-state index contributed by atoms with van der Waals surface area (Å²) in [6, 6.07) is 6.83. The number of fused-ring (bicyclic) bond motifs is 1. The van der Waals surface area contributed by atoms with Crippen molar-refractivity contribution < 1.29 is 9.53 Å². The summed E-state index contributed by atoms with van der Waals surface area (Å²) < 4.78 is 4.94. The van der Waals surface area contributed by atoms with Gasteiger partial charge >= 0.3 is 6.09 Å². The molecule has 1 aliphatic heterocycles. The third-order valence-electron chi connectivity index (χ3n) is 4.03. The number of ether oxygens (including phenoxy) is 1. The Bertz CT molecular complexity index is 500. The van der Waals surface area contributed by atoms with E-state index in [-0.39, 0.29) is 12.1 Å². The number of rotatable bonds is 4. The van der Waals surface area contributed by atoms with Crippen LogP contribution in [0.25, 0.3) is 0 Å². The largest absolute Gasteiger partial charge is 0.453 e. The topological polar surface area (TPSA) is 32.8 Å². The molecule has 1 aliphatic rings. The summed E-state index contributed by atoms with van der Waals surface area (Å²) in [4.78, 5) is 16.0. The molecule has 0 saturated heterocycles. The van der Waals surface area contributed by atoms with Crippen molar-refractivity contribution >= 4 is 6.09 Å². The van der Waals surface area contributed by atoms with Gasteiger partial charge < -0.3 is 14.5 Å². The summed E-state index contributed by atoms with van der Waals surface area (Å²) in [6.07, 6.45) is 2.73. The lowest BCUT2D eigenvalue weighted by atomic mass is 9.89. The van der Waals surface area contributed by atoms with Gasteiger partial charge in [0.05, 0.1) is 13.2 Å². The number of benzene rings is 1. The monoisotopic (exact) mass is 290 g/mol. The zero-order valence-corrected chi connectivity index (χ0v) is 13.6.